The standard InChI is InChI=1S/C27H36N2O5/c1-26(2)9-10-27(3,4)19-13-16(5-7-18(19)26)20(30)15-34-21-8-6-17(25(28)32)24(31)23(21)22-14-29-11-12-33-22/h5-8,13,20,22,29-31H,9-12,14-15H2,1-4H3,(H2,28,32). The number of nitrogens with two attached hydrogens (primary N) is 1. The molecule has 0 saturated carbocycles. The number of amides is 1. The summed E-state index contributed by atoms with van der Waals surface area (Å²) in [7, 11) is 0. The number of benzene rings is 2. The Kier molecular flexibility index (Phi) is 6.64. The number of morpholine rings is 1. The number of aliphatic hydroxyl groups is 1. The van der Waals surface area contributed by atoms with E-state index in [1.807, 2.05) is 6.07 Å². The van der Waals surface area contributed by atoms with Crippen LogP contribution in [0.4, 0.5) is 0 Å². The zero-order valence-corrected chi connectivity index (χ0v) is 20.5. The molecule has 2 atom stereocenters. The van der Waals surface area contributed by atoms with E-state index in [4.69, 9.17) is 15.2 Å². The smallest absolute Gasteiger partial charge is 0.252 e. The Balaban J connectivity index is 1.59. The van der Waals surface area contributed by atoms with E-state index in [1.165, 1.54) is 17.2 Å². The molecule has 5 N–H and O–H groups in total. The molecule has 1 heterocycles. The lowest BCUT2D eigenvalue weighted by Crippen LogP contribution is -2.34. The molecule has 2 aromatic rings. The van der Waals surface area contributed by atoms with E-state index in [0.29, 0.717) is 31.0 Å². The highest BCUT2D eigenvalue weighted by molar-refractivity contribution is 5.96. The van der Waals surface area contributed by atoms with E-state index in [2.05, 4.69) is 45.1 Å². The van der Waals surface area contributed by atoms with Crippen LogP contribution in [0, 0.1) is 0 Å². The average Bonchev–Trinajstić information content (AvgIpc) is 2.80. The second-order valence-electron chi connectivity index (χ2n) is 10.7. The monoisotopic (exact) mass is 468 g/mol. The van der Waals surface area contributed by atoms with E-state index in [-0.39, 0.29) is 28.7 Å². The van der Waals surface area contributed by atoms with Gasteiger partial charge in [-0.15, -0.1) is 0 Å². The molecule has 1 fully saturated rings. The minimum absolute atomic E-state index is 0.00881. The first kappa shape index (κ1) is 24.5. The number of primary amides is 1. The number of aromatic hydroxyl groups is 1. The summed E-state index contributed by atoms with van der Waals surface area (Å²) in [6, 6.07) is 9.24. The van der Waals surface area contributed by atoms with Gasteiger partial charge in [0.1, 0.15) is 30.3 Å². The van der Waals surface area contributed by atoms with Crippen molar-refractivity contribution in [2.75, 3.05) is 26.3 Å². The number of rotatable bonds is 6. The first-order valence-electron chi connectivity index (χ1n) is 11.9. The Morgan fingerprint density at radius 2 is 1.88 bits per heavy atom. The van der Waals surface area contributed by atoms with E-state index in [0.717, 1.165) is 18.4 Å². The second-order valence-corrected chi connectivity index (χ2v) is 10.7. The van der Waals surface area contributed by atoms with Crippen LogP contribution in [0.3, 0.4) is 0 Å². The fourth-order valence-corrected chi connectivity index (χ4v) is 5.05. The Bertz CT molecular complexity index is 1070. The van der Waals surface area contributed by atoms with E-state index in [1.54, 1.807) is 6.07 Å². The second kappa shape index (κ2) is 9.21. The number of phenols is 1. The molecular formula is C27H36N2O5. The van der Waals surface area contributed by atoms with Crippen LogP contribution >= 0.6 is 0 Å². The van der Waals surface area contributed by atoms with Crippen molar-refractivity contribution >= 4 is 5.91 Å². The third-order valence-corrected chi connectivity index (χ3v) is 7.35. The summed E-state index contributed by atoms with van der Waals surface area (Å²) in [6.07, 6.45) is 0.867. The van der Waals surface area contributed by atoms with Gasteiger partial charge in [-0.05, 0) is 52.5 Å². The fraction of sp³-hybridized carbons (Fsp3) is 0.519. The van der Waals surface area contributed by atoms with Crippen LogP contribution in [0.15, 0.2) is 30.3 Å². The third-order valence-electron chi connectivity index (χ3n) is 7.35. The van der Waals surface area contributed by atoms with Crippen molar-refractivity contribution in [2.45, 2.75) is 63.6 Å². The first-order valence-corrected chi connectivity index (χ1v) is 11.9. The molecule has 1 aliphatic heterocycles. The van der Waals surface area contributed by atoms with Crippen molar-refractivity contribution in [3.63, 3.8) is 0 Å². The fourth-order valence-electron chi connectivity index (χ4n) is 5.05. The molecule has 0 aromatic heterocycles. The summed E-state index contributed by atoms with van der Waals surface area (Å²) in [6.45, 7) is 10.7. The first-order chi connectivity index (χ1) is 16.0. The van der Waals surface area contributed by atoms with Crippen molar-refractivity contribution < 1.29 is 24.5 Å². The number of hydrogen-bond donors (Lipinski definition) is 4. The number of fused-ring (bicyclic) bond motifs is 1. The lowest BCUT2D eigenvalue weighted by Gasteiger charge is -2.42. The summed E-state index contributed by atoms with van der Waals surface area (Å²) in [4.78, 5) is 11.8. The zero-order valence-electron chi connectivity index (χ0n) is 20.5. The Labute approximate surface area is 201 Å². The lowest BCUT2D eigenvalue weighted by atomic mass is 9.63. The van der Waals surface area contributed by atoms with Gasteiger partial charge in [-0.25, -0.2) is 0 Å². The summed E-state index contributed by atoms with van der Waals surface area (Å²) in [5.74, 6) is -0.616. The van der Waals surface area contributed by atoms with Crippen molar-refractivity contribution in [3.05, 3.63) is 58.1 Å². The molecule has 7 heteroatoms. The van der Waals surface area contributed by atoms with Gasteiger partial charge >= 0.3 is 0 Å². The van der Waals surface area contributed by atoms with Crippen LogP contribution in [0.2, 0.25) is 0 Å². The SMILES string of the molecule is CC1(C)CCC(C)(C)c2cc(C(O)COc3ccc(C(N)=O)c(O)c3C3CNCCO3)ccc21. The lowest BCUT2D eigenvalue weighted by molar-refractivity contribution is 0.0231. The van der Waals surface area contributed by atoms with Crippen LogP contribution in [0.25, 0.3) is 0 Å². The van der Waals surface area contributed by atoms with Gasteiger partial charge < -0.3 is 30.7 Å². The van der Waals surface area contributed by atoms with Gasteiger partial charge in [-0.1, -0.05) is 45.9 Å². The van der Waals surface area contributed by atoms with Crippen LogP contribution in [0.5, 0.6) is 11.5 Å². The molecule has 0 bridgehead atoms. The van der Waals surface area contributed by atoms with Crippen molar-refractivity contribution in [2.24, 2.45) is 5.73 Å². The molecule has 1 amide bonds. The molecule has 0 spiro atoms. The molecule has 2 aromatic carbocycles. The summed E-state index contributed by atoms with van der Waals surface area (Å²) in [5, 5.41) is 25.0. The maximum absolute atomic E-state index is 11.8. The third kappa shape index (κ3) is 4.65. The van der Waals surface area contributed by atoms with E-state index >= 15 is 0 Å². The molecule has 34 heavy (non-hydrogen) atoms. The summed E-state index contributed by atoms with van der Waals surface area (Å²) >= 11 is 0. The predicted octanol–water partition coefficient (Wildman–Crippen LogP) is 3.61. The topological polar surface area (TPSA) is 114 Å². The highest BCUT2D eigenvalue weighted by Gasteiger charge is 2.37. The van der Waals surface area contributed by atoms with Gasteiger partial charge in [-0.3, -0.25) is 4.79 Å². The highest BCUT2D eigenvalue weighted by atomic mass is 16.5. The van der Waals surface area contributed by atoms with Crippen LogP contribution in [0.1, 0.15) is 85.4 Å². The van der Waals surface area contributed by atoms with E-state index < -0.39 is 18.1 Å². The highest BCUT2D eigenvalue weighted by Crippen LogP contribution is 2.46. The van der Waals surface area contributed by atoms with Gasteiger partial charge in [-0.2, -0.15) is 0 Å². The molecule has 2 aliphatic rings. The summed E-state index contributed by atoms with van der Waals surface area (Å²) < 4.78 is 11.8. The van der Waals surface area contributed by atoms with Gasteiger partial charge in [0, 0.05) is 13.1 Å². The number of carbonyl (C=O) groups excluding carboxylic acids is 1. The minimum atomic E-state index is -0.859. The Morgan fingerprint density at radius 1 is 1.18 bits per heavy atom. The molecule has 4 rings (SSSR count). The number of hydrogen-bond acceptors (Lipinski definition) is 6. The van der Waals surface area contributed by atoms with Crippen molar-refractivity contribution in [1.82, 2.24) is 5.32 Å². The molecule has 184 valence electrons. The number of carbonyl (C=O) groups is 1. The summed E-state index contributed by atoms with van der Waals surface area (Å²) in [5.41, 5.74) is 9.33. The Hall–Kier alpha value is -2.61. The Morgan fingerprint density at radius 3 is 2.53 bits per heavy atom. The molecule has 1 aliphatic carbocycles. The van der Waals surface area contributed by atoms with Gasteiger partial charge in [0.2, 0.25) is 0 Å². The molecular weight excluding hydrogens is 432 g/mol. The van der Waals surface area contributed by atoms with E-state index in [9.17, 15) is 15.0 Å². The maximum atomic E-state index is 11.8. The molecule has 0 radical (unpaired) electrons. The van der Waals surface area contributed by atoms with Gasteiger partial charge in [0.25, 0.3) is 5.91 Å². The number of nitrogens with one attached hydrogen (secondary N) is 1. The normalized spacial score (nSPS) is 22.0. The minimum Gasteiger partial charge on any atom is -0.507 e. The quantitative estimate of drug-likeness (QED) is 0.515. The largest absolute Gasteiger partial charge is 0.507 e. The zero-order chi connectivity index (χ0) is 24.7. The maximum Gasteiger partial charge on any atom is 0.252 e. The van der Waals surface area contributed by atoms with Crippen molar-refractivity contribution in [3.8, 4) is 11.5 Å². The average molecular weight is 469 g/mol. The molecule has 1 saturated heterocycles. The number of ether oxygens (including phenoxy) is 2. The van der Waals surface area contributed by atoms with Gasteiger partial charge in [0.05, 0.1) is 17.7 Å². The number of aliphatic hydroxyl groups excluding tert-OH is 1. The van der Waals surface area contributed by atoms with Gasteiger partial charge in [0.15, 0.2) is 0 Å². The molecule has 2 unspecified atom stereocenters. The van der Waals surface area contributed by atoms with Crippen LogP contribution in [-0.4, -0.2) is 42.4 Å². The predicted molar refractivity (Wildman–Crippen MR) is 130 cm³/mol. The van der Waals surface area contributed by atoms with Crippen LogP contribution < -0.4 is 15.8 Å². The molecule has 7 nitrogen and oxygen atoms in total. The van der Waals surface area contributed by atoms with Crippen LogP contribution in [-0.2, 0) is 15.6 Å². The van der Waals surface area contributed by atoms with Crippen molar-refractivity contribution in [1.29, 1.82) is 0 Å².